The molecule has 0 aliphatic carbocycles. The van der Waals surface area contributed by atoms with Gasteiger partial charge in [-0.3, -0.25) is 0 Å². The highest BCUT2D eigenvalue weighted by molar-refractivity contribution is 6.11. The van der Waals surface area contributed by atoms with Crippen LogP contribution in [0.3, 0.4) is 0 Å². The first kappa shape index (κ1) is 50.4. The third kappa shape index (κ3) is 10.0. The van der Waals surface area contributed by atoms with E-state index in [1.165, 1.54) is 0 Å². The van der Waals surface area contributed by atoms with Gasteiger partial charge in [-0.1, -0.05) is 237 Å². The summed E-state index contributed by atoms with van der Waals surface area (Å²) < 4.78 is 2.36. The molecule has 10 aromatic carbocycles. The molecule has 7 heteroatoms. The van der Waals surface area contributed by atoms with Gasteiger partial charge >= 0.3 is 0 Å². The molecule has 0 aliphatic heterocycles. The smallest absolute Gasteiger partial charge is 0.164 e. The summed E-state index contributed by atoms with van der Waals surface area (Å²) in [5.41, 5.74) is 20.9. The number of nitrogens with zero attached hydrogens (tertiary/aromatic N) is 7. The van der Waals surface area contributed by atoms with Crippen molar-refractivity contribution >= 4 is 21.8 Å². The Labute approximate surface area is 492 Å². The number of benzene rings is 10. The fraction of sp³-hybridized carbons (Fsp3) is 0. The summed E-state index contributed by atoms with van der Waals surface area (Å²) in [4.78, 5) is 31.9. The minimum Gasteiger partial charge on any atom is -0.309 e. The van der Waals surface area contributed by atoms with Crippen LogP contribution in [0.1, 0.15) is 0 Å². The third-order valence-electron chi connectivity index (χ3n) is 15.6. The molecule has 15 rings (SSSR count). The molecule has 0 bridgehead atoms. The van der Waals surface area contributed by atoms with E-state index in [1.54, 1.807) is 0 Å². The van der Waals surface area contributed by atoms with Crippen molar-refractivity contribution in [3.63, 3.8) is 0 Å². The standard InChI is InChI=1S/C78H51N7/c1-8-24-52(25-9-1)68-48-61(49-69(79-68)53-26-10-2-11-27-53)72-46-60(47-73(81-72)62-50-70(54-28-12-3-13-29-54)80-71(51-62)55-30-14-4-15-31-55)64-42-40-59(78-83-76(56-32-16-5-17-33-56)82-77(84-78)57-34-18-6-19-35-57)45-66(64)58-41-43-75-67(44-58)65-38-22-23-39-74(65)85(75)63-36-20-7-21-37-63/h1-51H. The van der Waals surface area contributed by atoms with E-state index in [0.717, 1.165) is 134 Å². The molecule has 0 atom stereocenters. The summed E-state index contributed by atoms with van der Waals surface area (Å²) in [7, 11) is 0. The average Bonchev–Trinajstić information content (AvgIpc) is 3.63. The van der Waals surface area contributed by atoms with Gasteiger partial charge in [-0.2, -0.15) is 0 Å². The lowest BCUT2D eigenvalue weighted by Gasteiger charge is -2.17. The molecule has 15 aromatic rings. The van der Waals surface area contributed by atoms with Crippen molar-refractivity contribution in [2.24, 2.45) is 0 Å². The van der Waals surface area contributed by atoms with Crippen LogP contribution < -0.4 is 0 Å². The highest BCUT2D eigenvalue weighted by atomic mass is 15.0. The Kier molecular flexibility index (Phi) is 13.1. The second-order valence-corrected chi connectivity index (χ2v) is 21.1. The maximum Gasteiger partial charge on any atom is 0.164 e. The molecule has 5 heterocycles. The Morgan fingerprint density at radius 2 is 0.529 bits per heavy atom. The number of fused-ring (bicyclic) bond motifs is 3. The van der Waals surface area contributed by atoms with Gasteiger partial charge in [0.2, 0.25) is 0 Å². The SMILES string of the molecule is c1ccc(-c2cc(-c3cc(-c4ccc(-c5nc(-c6ccccc6)nc(-c6ccccc6)n5)cc4-c4ccc5c(c4)c4ccccc4n5-c4ccccc4)cc(-c4cc(-c5ccccc5)nc(-c5ccccc5)c4)n3)cc(-c3ccccc3)n2)cc1. The monoisotopic (exact) mass is 1090 g/mol. The van der Waals surface area contributed by atoms with Gasteiger partial charge in [0.25, 0.3) is 0 Å². The first-order valence-electron chi connectivity index (χ1n) is 28.5. The summed E-state index contributed by atoms with van der Waals surface area (Å²) in [6, 6.07) is 108. The van der Waals surface area contributed by atoms with Crippen LogP contribution in [0.4, 0.5) is 0 Å². The fourth-order valence-corrected chi connectivity index (χ4v) is 11.5. The van der Waals surface area contributed by atoms with E-state index >= 15 is 0 Å². The van der Waals surface area contributed by atoms with Crippen LogP contribution in [0.15, 0.2) is 309 Å². The average molecular weight is 1090 g/mol. The van der Waals surface area contributed by atoms with E-state index in [9.17, 15) is 0 Å². The lowest BCUT2D eigenvalue weighted by molar-refractivity contribution is 1.07. The Hall–Kier alpha value is -11.5. The predicted octanol–water partition coefficient (Wildman–Crippen LogP) is 19.5. The van der Waals surface area contributed by atoms with Gasteiger partial charge in [0.15, 0.2) is 17.5 Å². The second kappa shape index (κ2) is 22.1. The van der Waals surface area contributed by atoms with Crippen LogP contribution in [0.5, 0.6) is 0 Å². The molecule has 85 heavy (non-hydrogen) atoms. The first-order chi connectivity index (χ1) is 42.1. The molecule has 5 aromatic heterocycles. The van der Waals surface area contributed by atoms with Crippen LogP contribution in [-0.2, 0) is 0 Å². The van der Waals surface area contributed by atoms with E-state index in [4.69, 9.17) is 29.9 Å². The van der Waals surface area contributed by atoms with Crippen LogP contribution in [0, 0.1) is 0 Å². The Morgan fingerprint density at radius 3 is 0.976 bits per heavy atom. The molecule has 7 nitrogen and oxygen atoms in total. The first-order valence-corrected chi connectivity index (χ1v) is 28.5. The molecule has 0 amide bonds. The number of rotatable bonds is 12. The highest BCUT2D eigenvalue weighted by Gasteiger charge is 2.21. The minimum atomic E-state index is 0.565. The zero-order chi connectivity index (χ0) is 56.5. The maximum atomic E-state index is 5.70. The Morgan fingerprint density at radius 1 is 0.188 bits per heavy atom. The van der Waals surface area contributed by atoms with Gasteiger partial charge in [0.1, 0.15) is 0 Å². The summed E-state index contributed by atoms with van der Waals surface area (Å²) in [5, 5.41) is 2.30. The molecule has 0 saturated carbocycles. The van der Waals surface area contributed by atoms with Crippen molar-refractivity contribution in [3.05, 3.63) is 309 Å². The van der Waals surface area contributed by atoms with Gasteiger partial charge < -0.3 is 4.57 Å². The van der Waals surface area contributed by atoms with E-state index in [2.05, 4.69) is 229 Å². The van der Waals surface area contributed by atoms with E-state index < -0.39 is 0 Å². The van der Waals surface area contributed by atoms with Gasteiger partial charge in [-0.05, 0) is 95.1 Å². The van der Waals surface area contributed by atoms with E-state index in [1.807, 2.05) is 84.9 Å². The zero-order valence-electron chi connectivity index (χ0n) is 46.1. The van der Waals surface area contributed by atoms with Gasteiger partial charge in [-0.15, -0.1) is 0 Å². The highest BCUT2D eigenvalue weighted by Crippen LogP contribution is 2.43. The molecule has 0 fully saturated rings. The molecule has 0 unspecified atom stereocenters. The molecule has 0 radical (unpaired) electrons. The van der Waals surface area contributed by atoms with Crippen LogP contribution in [-0.4, -0.2) is 34.5 Å². The van der Waals surface area contributed by atoms with Crippen molar-refractivity contribution in [2.75, 3.05) is 0 Å². The predicted molar refractivity (Wildman–Crippen MR) is 347 cm³/mol. The Balaban J connectivity index is 1.01. The molecule has 0 saturated heterocycles. The van der Waals surface area contributed by atoms with Gasteiger partial charge in [0.05, 0.1) is 45.2 Å². The largest absolute Gasteiger partial charge is 0.309 e. The molecule has 0 aliphatic rings. The molecule has 398 valence electrons. The van der Waals surface area contributed by atoms with Crippen molar-refractivity contribution < 1.29 is 0 Å². The van der Waals surface area contributed by atoms with Crippen LogP contribution in [0.2, 0.25) is 0 Å². The quantitative estimate of drug-likeness (QED) is 0.121. The number of pyridine rings is 3. The topological polar surface area (TPSA) is 82.3 Å². The molecule has 0 N–H and O–H groups in total. The number of aromatic nitrogens is 7. The zero-order valence-corrected chi connectivity index (χ0v) is 46.1. The van der Waals surface area contributed by atoms with Crippen LogP contribution >= 0.6 is 0 Å². The summed E-state index contributed by atoms with van der Waals surface area (Å²) in [5.74, 6) is 1.76. The van der Waals surface area contributed by atoms with E-state index in [-0.39, 0.29) is 0 Å². The van der Waals surface area contributed by atoms with E-state index in [0.29, 0.717) is 17.5 Å². The maximum absolute atomic E-state index is 5.70. The minimum absolute atomic E-state index is 0.565. The lowest BCUT2D eigenvalue weighted by atomic mass is 9.90. The molecular weight excluding hydrogens is 1030 g/mol. The van der Waals surface area contributed by atoms with Crippen molar-refractivity contribution in [1.29, 1.82) is 0 Å². The summed E-state index contributed by atoms with van der Waals surface area (Å²) >= 11 is 0. The fourth-order valence-electron chi connectivity index (χ4n) is 11.5. The number of hydrogen-bond donors (Lipinski definition) is 0. The Bertz CT molecular complexity index is 4580. The third-order valence-corrected chi connectivity index (χ3v) is 15.6. The summed E-state index contributed by atoms with van der Waals surface area (Å²) in [6.07, 6.45) is 0. The normalized spacial score (nSPS) is 11.3. The molecular formula is C78H51N7. The number of hydrogen-bond acceptors (Lipinski definition) is 6. The van der Waals surface area contributed by atoms with Crippen molar-refractivity contribution in [2.45, 2.75) is 0 Å². The van der Waals surface area contributed by atoms with Crippen molar-refractivity contribution in [1.82, 2.24) is 34.5 Å². The molecule has 0 spiro atoms. The summed E-state index contributed by atoms with van der Waals surface area (Å²) in [6.45, 7) is 0. The second-order valence-electron chi connectivity index (χ2n) is 21.1. The van der Waals surface area contributed by atoms with Gasteiger partial charge in [0, 0.05) is 66.5 Å². The lowest BCUT2D eigenvalue weighted by Crippen LogP contribution is -2.00. The van der Waals surface area contributed by atoms with Crippen LogP contribution in [0.25, 0.3) is 151 Å². The van der Waals surface area contributed by atoms with Crippen molar-refractivity contribution in [3.8, 4) is 130 Å². The van der Waals surface area contributed by atoms with Gasteiger partial charge in [-0.25, -0.2) is 29.9 Å². The number of para-hydroxylation sites is 2.